The zero-order chi connectivity index (χ0) is 12.3. The van der Waals surface area contributed by atoms with Crippen molar-refractivity contribution in [3.05, 3.63) is 34.6 Å². The summed E-state index contributed by atoms with van der Waals surface area (Å²) in [6.07, 6.45) is 4.92. The van der Waals surface area contributed by atoms with Crippen LogP contribution < -0.4 is 5.32 Å². The largest absolute Gasteiger partial charge is 0.319 e. The molecule has 1 aliphatic carbocycles. The first kappa shape index (κ1) is 12.8. The van der Waals surface area contributed by atoms with Gasteiger partial charge in [0.05, 0.1) is 5.02 Å². The van der Waals surface area contributed by atoms with E-state index in [9.17, 15) is 4.39 Å². The van der Waals surface area contributed by atoms with Crippen molar-refractivity contribution < 1.29 is 4.39 Å². The first-order chi connectivity index (χ1) is 8.20. The number of rotatable bonds is 4. The molecule has 1 aromatic carbocycles. The Kier molecular flexibility index (Phi) is 4.41. The highest BCUT2D eigenvalue weighted by atomic mass is 35.5. The van der Waals surface area contributed by atoms with Gasteiger partial charge in [-0.15, -0.1) is 0 Å². The van der Waals surface area contributed by atoms with E-state index in [-0.39, 0.29) is 10.8 Å². The molecule has 0 bridgehead atoms. The minimum atomic E-state index is -0.325. The van der Waals surface area contributed by atoms with Crippen LogP contribution in [0.25, 0.3) is 0 Å². The molecule has 17 heavy (non-hydrogen) atoms. The fraction of sp³-hybridized carbons (Fsp3) is 0.571. The maximum atomic E-state index is 13.1. The van der Waals surface area contributed by atoms with Crippen LogP contribution in [0.3, 0.4) is 0 Å². The van der Waals surface area contributed by atoms with Gasteiger partial charge in [0.25, 0.3) is 0 Å². The third-order valence-corrected chi connectivity index (χ3v) is 4.05. The highest BCUT2D eigenvalue weighted by molar-refractivity contribution is 6.30. The summed E-state index contributed by atoms with van der Waals surface area (Å²) in [5.41, 5.74) is 1.16. The van der Waals surface area contributed by atoms with Crippen molar-refractivity contribution in [2.75, 3.05) is 13.6 Å². The van der Waals surface area contributed by atoms with E-state index in [1.807, 2.05) is 13.1 Å². The Labute approximate surface area is 107 Å². The molecule has 1 N–H and O–H groups in total. The molecule has 2 atom stereocenters. The van der Waals surface area contributed by atoms with Gasteiger partial charge in [-0.2, -0.15) is 0 Å². The van der Waals surface area contributed by atoms with Crippen LogP contribution in [0.5, 0.6) is 0 Å². The fourth-order valence-electron chi connectivity index (χ4n) is 2.88. The van der Waals surface area contributed by atoms with Crippen molar-refractivity contribution in [2.45, 2.75) is 25.7 Å². The van der Waals surface area contributed by atoms with Crippen molar-refractivity contribution in [1.82, 2.24) is 5.32 Å². The first-order valence-electron chi connectivity index (χ1n) is 6.29. The second-order valence-corrected chi connectivity index (χ2v) is 5.37. The second kappa shape index (κ2) is 5.83. The molecule has 94 valence electrons. The zero-order valence-corrected chi connectivity index (χ0v) is 10.9. The highest BCUT2D eigenvalue weighted by Gasteiger charge is 2.26. The van der Waals surface area contributed by atoms with Gasteiger partial charge in [-0.05, 0) is 62.4 Å². The van der Waals surface area contributed by atoms with Crippen molar-refractivity contribution in [3.63, 3.8) is 0 Å². The average Bonchev–Trinajstić information content (AvgIpc) is 2.72. The Morgan fingerprint density at radius 1 is 1.35 bits per heavy atom. The van der Waals surface area contributed by atoms with Crippen LogP contribution in [0.1, 0.15) is 24.8 Å². The summed E-state index contributed by atoms with van der Waals surface area (Å²) < 4.78 is 13.1. The lowest BCUT2D eigenvalue weighted by atomic mass is 9.89. The molecule has 0 saturated heterocycles. The molecule has 1 fully saturated rings. The molecule has 0 aromatic heterocycles. The Bertz CT molecular complexity index is 380. The molecule has 2 rings (SSSR count). The summed E-state index contributed by atoms with van der Waals surface area (Å²) in [5, 5.41) is 3.50. The lowest BCUT2D eigenvalue weighted by Gasteiger charge is -2.19. The Morgan fingerprint density at radius 2 is 2.12 bits per heavy atom. The SMILES string of the molecule is CNCC1CCCC1Cc1ccc(F)c(Cl)c1. The predicted octanol–water partition coefficient (Wildman–Crippen LogP) is 3.66. The van der Waals surface area contributed by atoms with Gasteiger partial charge in [0.1, 0.15) is 5.82 Å². The fourth-order valence-corrected chi connectivity index (χ4v) is 3.09. The van der Waals surface area contributed by atoms with E-state index in [0.717, 1.165) is 24.4 Å². The summed E-state index contributed by atoms with van der Waals surface area (Å²) in [6.45, 7) is 1.08. The molecule has 1 aliphatic rings. The molecular weight excluding hydrogens is 237 g/mol. The Morgan fingerprint density at radius 3 is 2.82 bits per heavy atom. The summed E-state index contributed by atoms with van der Waals surface area (Å²) in [6, 6.07) is 5.10. The minimum absolute atomic E-state index is 0.241. The monoisotopic (exact) mass is 255 g/mol. The maximum Gasteiger partial charge on any atom is 0.141 e. The van der Waals surface area contributed by atoms with E-state index < -0.39 is 0 Å². The van der Waals surface area contributed by atoms with Crippen LogP contribution in [-0.2, 0) is 6.42 Å². The average molecular weight is 256 g/mol. The molecule has 0 aliphatic heterocycles. The van der Waals surface area contributed by atoms with Crippen molar-refractivity contribution in [1.29, 1.82) is 0 Å². The molecule has 3 heteroatoms. The molecule has 1 nitrogen and oxygen atoms in total. The van der Waals surface area contributed by atoms with Gasteiger partial charge in [-0.3, -0.25) is 0 Å². The van der Waals surface area contributed by atoms with Gasteiger partial charge in [-0.1, -0.05) is 24.1 Å². The molecule has 0 heterocycles. The molecule has 2 unspecified atom stereocenters. The number of nitrogens with one attached hydrogen (secondary N) is 1. The van der Waals surface area contributed by atoms with Crippen LogP contribution in [0, 0.1) is 17.7 Å². The maximum absolute atomic E-state index is 13.1. The number of hydrogen-bond donors (Lipinski definition) is 1. The van der Waals surface area contributed by atoms with Gasteiger partial charge in [0.15, 0.2) is 0 Å². The van der Waals surface area contributed by atoms with Crippen molar-refractivity contribution in [3.8, 4) is 0 Å². The van der Waals surface area contributed by atoms with E-state index in [1.54, 1.807) is 6.07 Å². The number of halogens is 2. The number of benzene rings is 1. The standard InChI is InChI=1S/C14H19ClFN/c1-17-9-12-4-2-3-11(12)7-10-5-6-14(16)13(15)8-10/h5-6,8,11-12,17H,2-4,7,9H2,1H3. The normalized spacial score (nSPS) is 24.2. The summed E-state index contributed by atoms with van der Waals surface area (Å²) in [5.74, 6) is 1.14. The van der Waals surface area contributed by atoms with Crippen LogP contribution in [-0.4, -0.2) is 13.6 Å². The first-order valence-corrected chi connectivity index (χ1v) is 6.67. The van der Waals surface area contributed by atoms with E-state index in [4.69, 9.17) is 11.6 Å². The molecule has 0 spiro atoms. The minimum Gasteiger partial charge on any atom is -0.319 e. The van der Waals surface area contributed by atoms with E-state index >= 15 is 0 Å². The molecule has 1 aromatic rings. The van der Waals surface area contributed by atoms with Gasteiger partial charge >= 0.3 is 0 Å². The lowest BCUT2D eigenvalue weighted by molar-refractivity contribution is 0.374. The van der Waals surface area contributed by atoms with Crippen molar-refractivity contribution >= 4 is 11.6 Å². The third kappa shape index (κ3) is 3.20. The smallest absolute Gasteiger partial charge is 0.141 e. The van der Waals surface area contributed by atoms with Crippen LogP contribution in [0.4, 0.5) is 4.39 Å². The third-order valence-electron chi connectivity index (χ3n) is 3.76. The Balaban J connectivity index is 2.02. The van der Waals surface area contributed by atoms with Gasteiger partial charge < -0.3 is 5.32 Å². The topological polar surface area (TPSA) is 12.0 Å². The highest BCUT2D eigenvalue weighted by Crippen LogP contribution is 2.34. The summed E-state index contributed by atoms with van der Waals surface area (Å²) in [4.78, 5) is 0. The number of hydrogen-bond acceptors (Lipinski definition) is 1. The predicted molar refractivity (Wildman–Crippen MR) is 69.9 cm³/mol. The van der Waals surface area contributed by atoms with Crippen LogP contribution in [0.15, 0.2) is 18.2 Å². The van der Waals surface area contributed by atoms with Gasteiger partial charge in [0.2, 0.25) is 0 Å². The van der Waals surface area contributed by atoms with Crippen molar-refractivity contribution in [2.24, 2.45) is 11.8 Å². The quantitative estimate of drug-likeness (QED) is 0.866. The molecule has 0 amide bonds. The zero-order valence-electron chi connectivity index (χ0n) is 10.2. The molecule has 0 radical (unpaired) electrons. The van der Waals surface area contributed by atoms with E-state index in [2.05, 4.69) is 5.32 Å². The second-order valence-electron chi connectivity index (χ2n) is 4.96. The summed E-state index contributed by atoms with van der Waals surface area (Å²) in [7, 11) is 2.00. The van der Waals surface area contributed by atoms with Gasteiger partial charge in [0, 0.05) is 0 Å². The van der Waals surface area contributed by atoms with Crippen LogP contribution in [0.2, 0.25) is 5.02 Å². The molecular formula is C14H19ClFN. The summed E-state index contributed by atoms with van der Waals surface area (Å²) >= 11 is 5.81. The van der Waals surface area contributed by atoms with E-state index in [1.165, 1.54) is 25.3 Å². The lowest BCUT2D eigenvalue weighted by Crippen LogP contribution is -2.23. The van der Waals surface area contributed by atoms with E-state index in [0.29, 0.717) is 5.92 Å². The van der Waals surface area contributed by atoms with Gasteiger partial charge in [-0.25, -0.2) is 4.39 Å². The Hall–Kier alpha value is -0.600. The van der Waals surface area contributed by atoms with Crippen LogP contribution >= 0.6 is 11.6 Å². The molecule has 1 saturated carbocycles.